The number of carbonyl (C=O) groups is 1. The molecule has 1 heterocycles. The molecule has 0 spiro atoms. The van der Waals surface area contributed by atoms with Crippen molar-refractivity contribution in [2.45, 2.75) is 38.6 Å². The van der Waals surface area contributed by atoms with Crippen molar-refractivity contribution in [3.8, 4) is 0 Å². The van der Waals surface area contributed by atoms with Crippen LogP contribution in [0.25, 0.3) is 0 Å². The number of nitrogens with zero attached hydrogens (tertiary/aromatic N) is 1. The van der Waals surface area contributed by atoms with E-state index in [1.54, 1.807) is 24.3 Å². The van der Waals surface area contributed by atoms with Gasteiger partial charge in [0.05, 0.1) is 6.26 Å². The zero-order valence-electron chi connectivity index (χ0n) is 14.6. The molecule has 1 fully saturated rings. The van der Waals surface area contributed by atoms with Crippen LogP contribution in [0, 0.1) is 0 Å². The fourth-order valence-electron chi connectivity index (χ4n) is 2.95. The standard InChI is InChI=1S/C17H27N3O3S/c1-17(2,20-10-5-4-6-11-20)13-18-16(21)14-8-7-9-15(12-14)19-24(3,22)23/h7-9,12,19H,4-6,10-11,13H2,1-3H3,(H,18,21). The minimum absolute atomic E-state index is 0.0985. The van der Waals surface area contributed by atoms with Crippen LogP contribution < -0.4 is 10.0 Å². The molecule has 1 aliphatic heterocycles. The number of benzene rings is 1. The maximum absolute atomic E-state index is 12.4. The molecule has 0 bridgehead atoms. The van der Waals surface area contributed by atoms with E-state index in [-0.39, 0.29) is 11.4 Å². The van der Waals surface area contributed by atoms with E-state index < -0.39 is 10.0 Å². The summed E-state index contributed by atoms with van der Waals surface area (Å²) in [6.45, 7) is 6.96. The summed E-state index contributed by atoms with van der Waals surface area (Å²) in [5.74, 6) is -0.197. The Bertz CT molecular complexity index is 680. The van der Waals surface area contributed by atoms with E-state index >= 15 is 0 Å². The molecular formula is C17H27N3O3S. The number of hydrogen-bond acceptors (Lipinski definition) is 4. The van der Waals surface area contributed by atoms with Crippen molar-refractivity contribution in [3.63, 3.8) is 0 Å². The highest BCUT2D eigenvalue weighted by Crippen LogP contribution is 2.20. The quantitative estimate of drug-likeness (QED) is 0.820. The lowest BCUT2D eigenvalue weighted by Crippen LogP contribution is -2.53. The number of amides is 1. The second-order valence-electron chi connectivity index (χ2n) is 7.00. The van der Waals surface area contributed by atoms with Crippen LogP contribution in [0.3, 0.4) is 0 Å². The minimum atomic E-state index is -3.36. The SMILES string of the molecule is CC(C)(CNC(=O)c1cccc(NS(C)(=O)=O)c1)N1CCCCC1. The zero-order valence-corrected chi connectivity index (χ0v) is 15.4. The summed E-state index contributed by atoms with van der Waals surface area (Å²) < 4.78 is 25.0. The second-order valence-corrected chi connectivity index (χ2v) is 8.75. The summed E-state index contributed by atoms with van der Waals surface area (Å²) in [5, 5.41) is 2.97. The Morgan fingerprint density at radius 2 is 1.88 bits per heavy atom. The third kappa shape index (κ3) is 5.49. The molecule has 2 N–H and O–H groups in total. The minimum Gasteiger partial charge on any atom is -0.350 e. The van der Waals surface area contributed by atoms with Crippen molar-refractivity contribution >= 4 is 21.6 Å². The van der Waals surface area contributed by atoms with Gasteiger partial charge < -0.3 is 5.32 Å². The van der Waals surface area contributed by atoms with Gasteiger partial charge in [0.15, 0.2) is 0 Å². The van der Waals surface area contributed by atoms with Gasteiger partial charge in [-0.2, -0.15) is 0 Å². The highest BCUT2D eigenvalue weighted by molar-refractivity contribution is 7.92. The van der Waals surface area contributed by atoms with Gasteiger partial charge in [0.2, 0.25) is 10.0 Å². The summed E-state index contributed by atoms with van der Waals surface area (Å²) in [5.41, 5.74) is 0.733. The van der Waals surface area contributed by atoms with Crippen molar-refractivity contribution in [2.24, 2.45) is 0 Å². The summed E-state index contributed by atoms with van der Waals surface area (Å²) in [6, 6.07) is 6.51. The molecule has 0 aliphatic carbocycles. The van der Waals surface area contributed by atoms with Crippen molar-refractivity contribution in [1.29, 1.82) is 0 Å². The molecule has 7 heteroatoms. The van der Waals surface area contributed by atoms with Gasteiger partial charge >= 0.3 is 0 Å². The van der Waals surface area contributed by atoms with Gasteiger partial charge in [-0.05, 0) is 58.0 Å². The Balaban J connectivity index is 1.98. The fraction of sp³-hybridized carbons (Fsp3) is 0.588. The first kappa shape index (κ1) is 18.7. The normalized spacial score (nSPS) is 16.6. The predicted molar refractivity (Wildman–Crippen MR) is 96.7 cm³/mol. The van der Waals surface area contributed by atoms with Crippen molar-refractivity contribution < 1.29 is 13.2 Å². The third-order valence-electron chi connectivity index (χ3n) is 4.32. The molecule has 1 amide bonds. The van der Waals surface area contributed by atoms with Gasteiger partial charge in [0.1, 0.15) is 0 Å². The largest absolute Gasteiger partial charge is 0.350 e. The van der Waals surface area contributed by atoms with Crippen molar-refractivity contribution in [1.82, 2.24) is 10.2 Å². The van der Waals surface area contributed by atoms with Crippen molar-refractivity contribution in [2.75, 3.05) is 30.6 Å². The number of rotatable bonds is 6. The molecule has 134 valence electrons. The second kappa shape index (κ2) is 7.53. The van der Waals surface area contributed by atoms with Crippen LogP contribution >= 0.6 is 0 Å². The number of likely N-dealkylation sites (tertiary alicyclic amines) is 1. The van der Waals surface area contributed by atoms with Crippen LogP contribution in [0.15, 0.2) is 24.3 Å². The summed E-state index contributed by atoms with van der Waals surface area (Å²) in [7, 11) is -3.36. The number of anilines is 1. The molecule has 6 nitrogen and oxygen atoms in total. The average Bonchev–Trinajstić information content (AvgIpc) is 2.52. The molecule has 24 heavy (non-hydrogen) atoms. The molecule has 1 aliphatic rings. The van der Waals surface area contributed by atoms with Crippen LogP contribution in [0.4, 0.5) is 5.69 Å². The van der Waals surface area contributed by atoms with E-state index in [4.69, 9.17) is 0 Å². The summed E-state index contributed by atoms with van der Waals surface area (Å²) in [4.78, 5) is 14.8. The molecule has 2 rings (SSSR count). The topological polar surface area (TPSA) is 78.5 Å². The molecule has 0 saturated carbocycles. The first-order valence-corrected chi connectivity index (χ1v) is 10.2. The highest BCUT2D eigenvalue weighted by Gasteiger charge is 2.28. The molecule has 0 radical (unpaired) electrons. The Morgan fingerprint density at radius 1 is 1.21 bits per heavy atom. The highest BCUT2D eigenvalue weighted by atomic mass is 32.2. The Morgan fingerprint density at radius 3 is 2.50 bits per heavy atom. The number of nitrogens with one attached hydrogen (secondary N) is 2. The van der Waals surface area contributed by atoms with Crippen molar-refractivity contribution in [3.05, 3.63) is 29.8 Å². The van der Waals surface area contributed by atoms with E-state index in [0.29, 0.717) is 17.8 Å². The molecule has 0 aromatic heterocycles. The average molecular weight is 353 g/mol. The Kier molecular flexibility index (Phi) is 5.87. The van der Waals surface area contributed by atoms with E-state index in [1.807, 2.05) is 0 Å². The van der Waals surface area contributed by atoms with Gasteiger partial charge in [-0.15, -0.1) is 0 Å². The van der Waals surface area contributed by atoms with E-state index in [9.17, 15) is 13.2 Å². The maximum Gasteiger partial charge on any atom is 0.251 e. The van der Waals surface area contributed by atoms with Crippen LogP contribution in [-0.2, 0) is 10.0 Å². The Labute approximate surface area is 144 Å². The maximum atomic E-state index is 12.4. The van der Waals surface area contributed by atoms with E-state index in [1.165, 1.54) is 19.3 Å². The number of sulfonamides is 1. The number of piperidine rings is 1. The van der Waals surface area contributed by atoms with Gasteiger partial charge in [-0.3, -0.25) is 14.4 Å². The van der Waals surface area contributed by atoms with Crippen LogP contribution in [0.1, 0.15) is 43.5 Å². The van der Waals surface area contributed by atoms with Crippen LogP contribution in [-0.4, -0.2) is 50.7 Å². The molecule has 1 saturated heterocycles. The third-order valence-corrected chi connectivity index (χ3v) is 4.93. The van der Waals surface area contributed by atoms with Gasteiger partial charge in [-0.1, -0.05) is 12.5 Å². The Hall–Kier alpha value is -1.60. The summed E-state index contributed by atoms with van der Waals surface area (Å²) >= 11 is 0. The van der Waals surface area contributed by atoms with Gasteiger partial charge in [0, 0.05) is 23.3 Å². The number of hydrogen-bond donors (Lipinski definition) is 2. The lowest BCUT2D eigenvalue weighted by molar-refractivity contribution is 0.0797. The zero-order chi connectivity index (χ0) is 17.8. The van der Waals surface area contributed by atoms with Gasteiger partial charge in [0.25, 0.3) is 5.91 Å². The molecular weight excluding hydrogens is 326 g/mol. The monoisotopic (exact) mass is 353 g/mol. The molecule has 0 atom stereocenters. The first-order valence-electron chi connectivity index (χ1n) is 8.28. The van der Waals surface area contributed by atoms with Crippen LogP contribution in [0.2, 0.25) is 0 Å². The lowest BCUT2D eigenvalue weighted by Gasteiger charge is -2.41. The van der Waals surface area contributed by atoms with E-state index in [2.05, 4.69) is 28.8 Å². The fourth-order valence-corrected chi connectivity index (χ4v) is 3.50. The molecule has 0 unspecified atom stereocenters. The number of carbonyl (C=O) groups excluding carboxylic acids is 1. The predicted octanol–water partition coefficient (Wildman–Crippen LogP) is 2.05. The summed E-state index contributed by atoms with van der Waals surface area (Å²) in [6.07, 6.45) is 4.77. The molecule has 1 aromatic rings. The molecule has 1 aromatic carbocycles. The first-order chi connectivity index (χ1) is 11.2. The van der Waals surface area contributed by atoms with Crippen LogP contribution in [0.5, 0.6) is 0 Å². The van der Waals surface area contributed by atoms with E-state index in [0.717, 1.165) is 19.3 Å². The lowest BCUT2D eigenvalue weighted by atomic mass is 9.98. The smallest absolute Gasteiger partial charge is 0.251 e. The van der Waals surface area contributed by atoms with Gasteiger partial charge in [-0.25, -0.2) is 8.42 Å².